The lowest BCUT2D eigenvalue weighted by molar-refractivity contribution is 0.0885. The van der Waals surface area contributed by atoms with Gasteiger partial charge in [0.15, 0.2) is 0 Å². The molecule has 4 nitrogen and oxygen atoms in total. The molecule has 0 bridgehead atoms. The Morgan fingerprint density at radius 3 is 2.84 bits per heavy atom. The maximum Gasteiger partial charge on any atom is 0.252 e. The van der Waals surface area contributed by atoms with Crippen LogP contribution < -0.4 is 11.1 Å². The highest BCUT2D eigenvalue weighted by Gasteiger charge is 2.12. The number of carbonyl (C=O) groups excluding carboxylic acids is 1. The number of anilines is 1. The Morgan fingerprint density at radius 1 is 1.53 bits per heavy atom. The van der Waals surface area contributed by atoms with Crippen LogP contribution in [0.4, 0.5) is 10.1 Å². The van der Waals surface area contributed by atoms with Crippen molar-refractivity contribution in [2.75, 3.05) is 25.5 Å². The largest absolute Gasteiger partial charge is 0.396 e. The third-order valence-corrected chi connectivity index (χ3v) is 2.97. The molecule has 0 aliphatic carbocycles. The van der Waals surface area contributed by atoms with E-state index in [0.717, 1.165) is 0 Å². The normalized spacial score (nSPS) is 10.8. The van der Waals surface area contributed by atoms with Crippen molar-refractivity contribution in [2.45, 2.75) is 13.8 Å². The molecule has 0 radical (unpaired) electrons. The molecule has 0 atom stereocenters. The maximum atomic E-state index is 13.1. The molecule has 6 heteroatoms. The molecule has 0 fully saturated rings. The van der Waals surface area contributed by atoms with Crippen LogP contribution in [-0.4, -0.2) is 25.7 Å². The zero-order valence-electron chi connectivity index (χ0n) is 11.0. The Labute approximate surface area is 120 Å². The van der Waals surface area contributed by atoms with Crippen LogP contribution in [-0.2, 0) is 4.74 Å². The predicted molar refractivity (Wildman–Crippen MR) is 76.5 cm³/mol. The van der Waals surface area contributed by atoms with Gasteiger partial charge in [-0.1, -0.05) is 13.8 Å². The minimum atomic E-state index is -0.552. The molecule has 0 saturated heterocycles. The van der Waals surface area contributed by atoms with Gasteiger partial charge in [0.2, 0.25) is 0 Å². The second-order valence-corrected chi connectivity index (χ2v) is 5.43. The summed E-state index contributed by atoms with van der Waals surface area (Å²) in [6, 6.07) is 2.49. The van der Waals surface area contributed by atoms with Crippen molar-refractivity contribution in [3.05, 3.63) is 28.0 Å². The third-order valence-electron chi connectivity index (χ3n) is 2.31. The maximum absolute atomic E-state index is 13.1. The third kappa shape index (κ3) is 5.16. The van der Waals surface area contributed by atoms with E-state index in [1.165, 1.54) is 12.1 Å². The number of hydrogen-bond acceptors (Lipinski definition) is 3. The van der Waals surface area contributed by atoms with Crippen molar-refractivity contribution in [1.82, 2.24) is 5.32 Å². The number of amides is 1. The molecule has 0 heterocycles. The number of hydrogen-bond donors (Lipinski definition) is 2. The van der Waals surface area contributed by atoms with Gasteiger partial charge in [0.1, 0.15) is 5.82 Å². The van der Waals surface area contributed by atoms with Crippen LogP contribution in [0.3, 0.4) is 0 Å². The Kier molecular flexibility index (Phi) is 6.24. The minimum Gasteiger partial charge on any atom is -0.396 e. The molecule has 1 aromatic rings. The van der Waals surface area contributed by atoms with E-state index in [1.54, 1.807) is 0 Å². The monoisotopic (exact) mass is 332 g/mol. The summed E-state index contributed by atoms with van der Waals surface area (Å²) in [6.45, 7) is 5.60. The van der Waals surface area contributed by atoms with E-state index in [1.807, 2.05) is 0 Å². The molecule has 1 aromatic carbocycles. The van der Waals surface area contributed by atoms with Gasteiger partial charge in [-0.05, 0) is 34.0 Å². The molecule has 0 aliphatic rings. The molecule has 3 N–H and O–H groups in total. The Balaban J connectivity index is 2.48. The van der Waals surface area contributed by atoms with E-state index < -0.39 is 5.82 Å². The number of carbonyl (C=O) groups is 1. The fraction of sp³-hybridized carbons (Fsp3) is 0.462. The van der Waals surface area contributed by atoms with E-state index in [4.69, 9.17) is 10.5 Å². The Bertz CT molecular complexity index is 453. The number of ether oxygens (including phenoxy) is 1. The average Bonchev–Trinajstić information content (AvgIpc) is 2.32. The molecule has 1 amide bonds. The van der Waals surface area contributed by atoms with Crippen molar-refractivity contribution in [3.63, 3.8) is 0 Å². The summed E-state index contributed by atoms with van der Waals surface area (Å²) in [4.78, 5) is 11.9. The van der Waals surface area contributed by atoms with Crippen LogP contribution in [0.15, 0.2) is 16.6 Å². The van der Waals surface area contributed by atoms with E-state index in [0.29, 0.717) is 35.7 Å². The van der Waals surface area contributed by atoms with Crippen LogP contribution in [0, 0.1) is 11.7 Å². The Morgan fingerprint density at radius 2 is 2.21 bits per heavy atom. The summed E-state index contributed by atoms with van der Waals surface area (Å²) in [7, 11) is 0. The van der Waals surface area contributed by atoms with Gasteiger partial charge in [-0.2, -0.15) is 0 Å². The van der Waals surface area contributed by atoms with Crippen molar-refractivity contribution in [3.8, 4) is 0 Å². The number of rotatable bonds is 6. The summed E-state index contributed by atoms with van der Waals surface area (Å²) in [6.07, 6.45) is 0. The minimum absolute atomic E-state index is 0.0515. The van der Waals surface area contributed by atoms with Crippen LogP contribution in [0.1, 0.15) is 24.2 Å². The first-order chi connectivity index (χ1) is 8.91. The fourth-order valence-corrected chi connectivity index (χ4v) is 1.89. The predicted octanol–water partition coefficient (Wildman–Crippen LogP) is 2.57. The molecule has 0 aliphatic heterocycles. The van der Waals surface area contributed by atoms with Crippen molar-refractivity contribution < 1.29 is 13.9 Å². The highest BCUT2D eigenvalue weighted by Crippen LogP contribution is 2.22. The van der Waals surface area contributed by atoms with E-state index >= 15 is 0 Å². The smallest absolute Gasteiger partial charge is 0.252 e. The first-order valence-electron chi connectivity index (χ1n) is 6.02. The summed E-state index contributed by atoms with van der Waals surface area (Å²) < 4.78 is 18.9. The van der Waals surface area contributed by atoms with Gasteiger partial charge in [-0.15, -0.1) is 0 Å². The molecular weight excluding hydrogens is 315 g/mol. The van der Waals surface area contributed by atoms with Crippen molar-refractivity contribution in [1.29, 1.82) is 0 Å². The van der Waals surface area contributed by atoms with Crippen LogP contribution >= 0.6 is 15.9 Å². The summed E-state index contributed by atoms with van der Waals surface area (Å²) in [5.41, 5.74) is 5.69. The van der Waals surface area contributed by atoms with Gasteiger partial charge < -0.3 is 15.8 Å². The summed E-state index contributed by atoms with van der Waals surface area (Å²) >= 11 is 3.14. The van der Waals surface area contributed by atoms with Crippen molar-refractivity contribution >= 4 is 27.5 Å². The second-order valence-electron chi connectivity index (χ2n) is 4.58. The summed E-state index contributed by atoms with van der Waals surface area (Å²) in [5, 5.41) is 2.69. The molecule has 19 heavy (non-hydrogen) atoms. The topological polar surface area (TPSA) is 64.3 Å². The van der Waals surface area contributed by atoms with Crippen LogP contribution in [0.25, 0.3) is 0 Å². The molecule has 0 spiro atoms. The van der Waals surface area contributed by atoms with Gasteiger partial charge >= 0.3 is 0 Å². The highest BCUT2D eigenvalue weighted by atomic mass is 79.9. The van der Waals surface area contributed by atoms with E-state index in [9.17, 15) is 9.18 Å². The quantitative estimate of drug-likeness (QED) is 0.621. The van der Waals surface area contributed by atoms with E-state index in [-0.39, 0.29) is 11.6 Å². The highest BCUT2D eigenvalue weighted by molar-refractivity contribution is 9.10. The summed E-state index contributed by atoms with van der Waals surface area (Å²) in [5.74, 6) is -0.405. The zero-order chi connectivity index (χ0) is 14.4. The average molecular weight is 333 g/mol. The lowest BCUT2D eigenvalue weighted by Gasteiger charge is -2.09. The number of nitrogen functional groups attached to an aromatic ring is 1. The number of nitrogens with one attached hydrogen (secondary N) is 1. The van der Waals surface area contributed by atoms with Gasteiger partial charge in [0, 0.05) is 17.6 Å². The van der Waals surface area contributed by atoms with Gasteiger partial charge in [-0.25, -0.2) is 4.39 Å². The van der Waals surface area contributed by atoms with Gasteiger partial charge in [0.05, 0.1) is 17.9 Å². The molecule has 106 valence electrons. The second kappa shape index (κ2) is 7.45. The first-order valence-corrected chi connectivity index (χ1v) is 6.81. The van der Waals surface area contributed by atoms with Crippen molar-refractivity contribution in [2.24, 2.45) is 5.92 Å². The first kappa shape index (κ1) is 15.9. The number of benzene rings is 1. The number of nitrogens with two attached hydrogens (primary N) is 1. The number of halogens is 2. The lowest BCUT2D eigenvalue weighted by Crippen LogP contribution is -2.28. The Hall–Kier alpha value is -1.14. The SMILES string of the molecule is CC(C)COCCNC(=O)c1cc(N)c(F)cc1Br. The molecule has 0 saturated carbocycles. The van der Waals surface area contributed by atoms with Crippen LogP contribution in [0.5, 0.6) is 0 Å². The standard InChI is InChI=1S/C13H18BrFN2O2/c1-8(2)7-19-4-3-17-13(18)9-5-12(16)11(15)6-10(9)14/h5-6,8H,3-4,7,16H2,1-2H3,(H,17,18). The van der Waals surface area contributed by atoms with Gasteiger partial charge in [0.25, 0.3) is 5.91 Å². The van der Waals surface area contributed by atoms with Gasteiger partial charge in [-0.3, -0.25) is 4.79 Å². The molecule has 1 rings (SSSR count). The molecular formula is C13H18BrFN2O2. The van der Waals surface area contributed by atoms with E-state index in [2.05, 4.69) is 35.1 Å². The lowest BCUT2D eigenvalue weighted by atomic mass is 10.2. The van der Waals surface area contributed by atoms with Crippen LogP contribution in [0.2, 0.25) is 0 Å². The molecule has 0 aromatic heterocycles. The molecule has 0 unspecified atom stereocenters. The fourth-order valence-electron chi connectivity index (χ4n) is 1.39. The zero-order valence-corrected chi connectivity index (χ0v) is 12.6.